The normalized spacial score (nSPS) is 19.7. The van der Waals surface area contributed by atoms with E-state index in [1.165, 1.54) is 18.4 Å². The summed E-state index contributed by atoms with van der Waals surface area (Å²) in [7, 11) is 0. The lowest BCUT2D eigenvalue weighted by molar-refractivity contribution is 0.0644. The monoisotopic (exact) mass is 291 g/mol. The van der Waals surface area contributed by atoms with Crippen molar-refractivity contribution in [2.75, 3.05) is 13.2 Å². The number of ether oxygens (including phenoxy) is 2. The fraction of sp³-hybridized carbons (Fsp3) is 0.667. The molecule has 0 aromatic heterocycles. The van der Waals surface area contributed by atoms with Gasteiger partial charge in [0.15, 0.2) is 0 Å². The first-order valence-corrected chi connectivity index (χ1v) is 8.25. The molecule has 0 fully saturated rings. The number of benzene rings is 1. The second-order valence-electron chi connectivity index (χ2n) is 6.44. The predicted molar refractivity (Wildman–Crippen MR) is 87.2 cm³/mol. The minimum absolute atomic E-state index is 0.139. The van der Waals surface area contributed by atoms with Gasteiger partial charge in [0.2, 0.25) is 0 Å². The van der Waals surface area contributed by atoms with Crippen LogP contribution >= 0.6 is 0 Å². The number of unbranched alkanes of at least 4 members (excludes halogenated alkanes) is 1. The lowest BCUT2D eigenvalue weighted by Crippen LogP contribution is -2.40. The van der Waals surface area contributed by atoms with Crippen molar-refractivity contribution in [2.45, 2.75) is 65.0 Å². The van der Waals surface area contributed by atoms with Crippen molar-refractivity contribution in [2.24, 2.45) is 0 Å². The lowest BCUT2D eigenvalue weighted by atomic mass is 9.89. The molecule has 0 bridgehead atoms. The van der Waals surface area contributed by atoms with E-state index in [1.807, 2.05) is 6.07 Å². The third kappa shape index (κ3) is 4.13. The number of rotatable bonds is 7. The van der Waals surface area contributed by atoms with Crippen molar-refractivity contribution in [3.8, 4) is 11.5 Å². The van der Waals surface area contributed by atoms with E-state index in [2.05, 4.69) is 45.1 Å². The Morgan fingerprint density at radius 3 is 2.81 bits per heavy atom. The van der Waals surface area contributed by atoms with Gasteiger partial charge in [-0.15, -0.1) is 0 Å². The minimum atomic E-state index is -0.139. The van der Waals surface area contributed by atoms with E-state index in [4.69, 9.17) is 9.47 Å². The Morgan fingerprint density at radius 2 is 2.10 bits per heavy atom. The number of hydrogen-bond donors (Lipinski definition) is 1. The SMILES string of the molecule is CCCCNC1CC(C)(C)Oc2cccc(OCCC)c21. The summed E-state index contributed by atoms with van der Waals surface area (Å²) in [4.78, 5) is 0. The fourth-order valence-corrected chi connectivity index (χ4v) is 2.85. The first kappa shape index (κ1) is 16.2. The summed E-state index contributed by atoms with van der Waals surface area (Å²) in [6.45, 7) is 10.5. The van der Waals surface area contributed by atoms with E-state index in [0.29, 0.717) is 6.04 Å². The minimum Gasteiger partial charge on any atom is -0.493 e. The van der Waals surface area contributed by atoms with Crippen LogP contribution in [0.3, 0.4) is 0 Å². The Morgan fingerprint density at radius 1 is 1.29 bits per heavy atom. The van der Waals surface area contributed by atoms with Gasteiger partial charge in [0, 0.05) is 12.5 Å². The van der Waals surface area contributed by atoms with Crippen LogP contribution in [0.25, 0.3) is 0 Å². The topological polar surface area (TPSA) is 30.5 Å². The van der Waals surface area contributed by atoms with Crippen LogP contribution in [0.1, 0.15) is 65.0 Å². The molecule has 0 saturated heterocycles. The first-order chi connectivity index (χ1) is 10.1. The molecule has 2 rings (SSSR count). The molecule has 118 valence electrons. The van der Waals surface area contributed by atoms with Gasteiger partial charge in [0.1, 0.15) is 17.1 Å². The molecule has 1 aromatic carbocycles. The van der Waals surface area contributed by atoms with Crippen LogP contribution in [0.5, 0.6) is 11.5 Å². The van der Waals surface area contributed by atoms with Gasteiger partial charge in [-0.2, -0.15) is 0 Å². The highest BCUT2D eigenvalue weighted by molar-refractivity contribution is 5.48. The second-order valence-corrected chi connectivity index (χ2v) is 6.44. The molecule has 1 N–H and O–H groups in total. The molecular formula is C18H29NO2. The molecule has 1 unspecified atom stereocenters. The first-order valence-electron chi connectivity index (χ1n) is 8.25. The number of hydrogen-bond acceptors (Lipinski definition) is 3. The highest BCUT2D eigenvalue weighted by atomic mass is 16.5. The van der Waals surface area contributed by atoms with E-state index in [0.717, 1.165) is 37.5 Å². The highest BCUT2D eigenvalue weighted by Gasteiger charge is 2.35. The van der Waals surface area contributed by atoms with Gasteiger partial charge < -0.3 is 14.8 Å². The van der Waals surface area contributed by atoms with Gasteiger partial charge in [-0.1, -0.05) is 26.3 Å². The van der Waals surface area contributed by atoms with E-state index < -0.39 is 0 Å². The van der Waals surface area contributed by atoms with Crippen molar-refractivity contribution in [3.05, 3.63) is 23.8 Å². The Hall–Kier alpha value is -1.22. The summed E-state index contributed by atoms with van der Waals surface area (Å²) >= 11 is 0. The summed E-state index contributed by atoms with van der Waals surface area (Å²) < 4.78 is 12.1. The number of nitrogens with one attached hydrogen (secondary N) is 1. The lowest BCUT2D eigenvalue weighted by Gasteiger charge is -2.38. The van der Waals surface area contributed by atoms with Crippen LogP contribution in [0, 0.1) is 0 Å². The Kier molecular flexibility index (Phi) is 5.51. The van der Waals surface area contributed by atoms with Crippen LogP contribution in [0.2, 0.25) is 0 Å². The van der Waals surface area contributed by atoms with Crippen LogP contribution in [0.15, 0.2) is 18.2 Å². The average Bonchev–Trinajstić information content (AvgIpc) is 2.43. The van der Waals surface area contributed by atoms with Gasteiger partial charge in [-0.25, -0.2) is 0 Å². The Balaban J connectivity index is 2.26. The molecular weight excluding hydrogens is 262 g/mol. The van der Waals surface area contributed by atoms with Gasteiger partial charge in [-0.05, 0) is 45.4 Å². The maximum Gasteiger partial charge on any atom is 0.128 e. The number of fused-ring (bicyclic) bond motifs is 1. The molecule has 0 radical (unpaired) electrons. The van der Waals surface area contributed by atoms with Crippen molar-refractivity contribution in [1.82, 2.24) is 5.32 Å². The predicted octanol–water partition coefficient (Wildman–Crippen LogP) is 4.47. The van der Waals surface area contributed by atoms with Crippen molar-refractivity contribution in [1.29, 1.82) is 0 Å². The van der Waals surface area contributed by atoms with E-state index in [9.17, 15) is 0 Å². The largest absolute Gasteiger partial charge is 0.493 e. The summed E-state index contributed by atoms with van der Waals surface area (Å²) in [6, 6.07) is 6.45. The van der Waals surface area contributed by atoms with Crippen molar-refractivity contribution < 1.29 is 9.47 Å². The van der Waals surface area contributed by atoms with Gasteiger partial charge in [-0.3, -0.25) is 0 Å². The van der Waals surface area contributed by atoms with Crippen molar-refractivity contribution in [3.63, 3.8) is 0 Å². The van der Waals surface area contributed by atoms with Crippen LogP contribution < -0.4 is 14.8 Å². The average molecular weight is 291 g/mol. The third-order valence-corrected chi connectivity index (χ3v) is 3.84. The fourth-order valence-electron chi connectivity index (χ4n) is 2.85. The summed E-state index contributed by atoms with van der Waals surface area (Å²) in [5, 5.41) is 3.69. The molecule has 1 aliphatic heterocycles. The van der Waals surface area contributed by atoms with E-state index >= 15 is 0 Å². The van der Waals surface area contributed by atoms with Crippen LogP contribution in [0.4, 0.5) is 0 Å². The zero-order valence-electron chi connectivity index (χ0n) is 13.9. The standard InChI is InChI=1S/C18H29NO2/c1-5-7-11-19-14-13-18(3,4)21-16-10-8-9-15(17(14)16)20-12-6-2/h8-10,14,19H,5-7,11-13H2,1-4H3. The molecule has 1 heterocycles. The Labute approximate surface area is 129 Å². The van der Waals surface area contributed by atoms with Gasteiger partial charge >= 0.3 is 0 Å². The van der Waals surface area contributed by atoms with E-state index in [-0.39, 0.29) is 5.60 Å². The third-order valence-electron chi connectivity index (χ3n) is 3.84. The molecule has 0 aliphatic carbocycles. The molecule has 1 atom stereocenters. The maximum atomic E-state index is 6.16. The van der Waals surface area contributed by atoms with Gasteiger partial charge in [0.25, 0.3) is 0 Å². The van der Waals surface area contributed by atoms with Crippen LogP contribution in [-0.2, 0) is 0 Å². The zero-order chi connectivity index (χ0) is 15.3. The molecule has 3 heteroatoms. The molecule has 0 amide bonds. The molecule has 1 aliphatic rings. The zero-order valence-corrected chi connectivity index (χ0v) is 13.9. The van der Waals surface area contributed by atoms with E-state index in [1.54, 1.807) is 0 Å². The molecule has 1 aromatic rings. The molecule has 0 saturated carbocycles. The Bertz CT molecular complexity index is 457. The highest BCUT2D eigenvalue weighted by Crippen LogP contribution is 2.44. The maximum absolute atomic E-state index is 6.16. The quantitative estimate of drug-likeness (QED) is 0.752. The van der Waals surface area contributed by atoms with Gasteiger partial charge in [0.05, 0.1) is 12.2 Å². The summed E-state index contributed by atoms with van der Waals surface area (Å²) in [5.74, 6) is 1.94. The smallest absolute Gasteiger partial charge is 0.128 e. The molecule has 0 spiro atoms. The molecule has 21 heavy (non-hydrogen) atoms. The summed E-state index contributed by atoms with van der Waals surface area (Å²) in [5.41, 5.74) is 1.06. The van der Waals surface area contributed by atoms with Crippen LogP contribution in [-0.4, -0.2) is 18.8 Å². The second kappa shape index (κ2) is 7.17. The summed E-state index contributed by atoms with van der Waals surface area (Å²) in [6.07, 6.45) is 4.39. The van der Waals surface area contributed by atoms with Crippen molar-refractivity contribution >= 4 is 0 Å². The molecule has 3 nitrogen and oxygen atoms in total.